The van der Waals surface area contributed by atoms with Gasteiger partial charge in [-0.05, 0) is 44.7 Å². The van der Waals surface area contributed by atoms with E-state index in [4.69, 9.17) is 0 Å². The maximum absolute atomic E-state index is 3.87. The summed E-state index contributed by atoms with van der Waals surface area (Å²) in [4.78, 5) is 2.73. The Morgan fingerprint density at radius 2 is 1.71 bits per heavy atom. The lowest BCUT2D eigenvalue weighted by Crippen LogP contribution is -2.45. The van der Waals surface area contributed by atoms with Gasteiger partial charge in [0.15, 0.2) is 0 Å². The average Bonchev–Trinajstić information content (AvgIpc) is 2.99. The molecule has 17 heavy (non-hydrogen) atoms. The molecule has 0 radical (unpaired) electrons. The predicted octanol–water partition coefficient (Wildman–Crippen LogP) is 2.78. The van der Waals surface area contributed by atoms with Gasteiger partial charge in [0, 0.05) is 18.6 Å². The van der Waals surface area contributed by atoms with E-state index in [0.29, 0.717) is 0 Å². The molecule has 1 aliphatic carbocycles. The van der Waals surface area contributed by atoms with Gasteiger partial charge in [0.1, 0.15) is 0 Å². The molecule has 3 fully saturated rings. The fraction of sp³-hybridized carbons (Fsp3) is 1.00. The first kappa shape index (κ1) is 12.0. The van der Waals surface area contributed by atoms with Crippen molar-refractivity contribution in [2.75, 3.05) is 19.6 Å². The van der Waals surface area contributed by atoms with Crippen molar-refractivity contribution in [1.29, 1.82) is 0 Å². The van der Waals surface area contributed by atoms with E-state index in [0.717, 1.165) is 18.0 Å². The van der Waals surface area contributed by atoms with Crippen LogP contribution in [0, 0.1) is 5.92 Å². The minimum Gasteiger partial charge on any atom is -0.312 e. The zero-order chi connectivity index (χ0) is 11.5. The molecule has 0 spiro atoms. The van der Waals surface area contributed by atoms with Crippen molar-refractivity contribution in [3.05, 3.63) is 0 Å². The van der Waals surface area contributed by atoms with Crippen molar-refractivity contribution in [3.63, 3.8) is 0 Å². The van der Waals surface area contributed by atoms with Crippen LogP contribution in [0.3, 0.4) is 0 Å². The fourth-order valence-electron chi connectivity index (χ4n) is 4.26. The number of hydrogen-bond acceptors (Lipinski definition) is 2. The minimum absolute atomic E-state index is 0.816. The standard InChI is InChI=1S/C15H28N2/c1-2-6-13(5-1)8-10-16-14-9-12-17-11-4-3-7-15(14)17/h13-16H,1-12H2. The molecular weight excluding hydrogens is 208 g/mol. The molecule has 0 amide bonds. The summed E-state index contributed by atoms with van der Waals surface area (Å²) in [6.07, 6.45) is 13.2. The second-order valence-corrected chi connectivity index (χ2v) is 6.39. The minimum atomic E-state index is 0.816. The third-order valence-corrected chi connectivity index (χ3v) is 5.29. The van der Waals surface area contributed by atoms with Crippen LogP contribution in [0.1, 0.15) is 57.8 Å². The molecule has 2 nitrogen and oxygen atoms in total. The van der Waals surface area contributed by atoms with Crippen molar-refractivity contribution in [2.24, 2.45) is 5.92 Å². The summed E-state index contributed by atoms with van der Waals surface area (Å²) in [5, 5.41) is 3.87. The number of fused-ring (bicyclic) bond motifs is 1. The molecule has 2 unspecified atom stereocenters. The highest BCUT2D eigenvalue weighted by Gasteiger charge is 2.34. The Morgan fingerprint density at radius 3 is 2.59 bits per heavy atom. The van der Waals surface area contributed by atoms with Gasteiger partial charge in [0.05, 0.1) is 0 Å². The molecule has 0 aromatic rings. The predicted molar refractivity (Wildman–Crippen MR) is 72.2 cm³/mol. The highest BCUT2D eigenvalue weighted by Crippen LogP contribution is 2.29. The lowest BCUT2D eigenvalue weighted by Gasteiger charge is -2.32. The summed E-state index contributed by atoms with van der Waals surface area (Å²) >= 11 is 0. The van der Waals surface area contributed by atoms with E-state index in [1.54, 1.807) is 0 Å². The average molecular weight is 236 g/mol. The second kappa shape index (κ2) is 5.71. The van der Waals surface area contributed by atoms with E-state index >= 15 is 0 Å². The van der Waals surface area contributed by atoms with Crippen LogP contribution in [0.15, 0.2) is 0 Å². The van der Waals surface area contributed by atoms with Crippen molar-refractivity contribution < 1.29 is 0 Å². The van der Waals surface area contributed by atoms with E-state index in [1.165, 1.54) is 77.4 Å². The molecule has 0 bridgehead atoms. The number of piperidine rings is 1. The molecule has 0 aromatic carbocycles. The number of nitrogens with one attached hydrogen (secondary N) is 1. The Hall–Kier alpha value is -0.0800. The summed E-state index contributed by atoms with van der Waals surface area (Å²) in [5.41, 5.74) is 0. The van der Waals surface area contributed by atoms with Gasteiger partial charge in [-0.3, -0.25) is 4.90 Å². The van der Waals surface area contributed by atoms with Gasteiger partial charge in [-0.1, -0.05) is 32.1 Å². The third kappa shape index (κ3) is 2.85. The quantitative estimate of drug-likeness (QED) is 0.807. The summed E-state index contributed by atoms with van der Waals surface area (Å²) < 4.78 is 0. The highest BCUT2D eigenvalue weighted by atomic mass is 15.2. The van der Waals surface area contributed by atoms with E-state index in [9.17, 15) is 0 Å². The molecule has 3 aliphatic rings. The summed E-state index contributed by atoms with van der Waals surface area (Å²) in [6, 6.07) is 1.70. The Labute approximate surface area is 106 Å². The molecule has 2 atom stereocenters. The Balaban J connectivity index is 1.39. The first-order chi connectivity index (χ1) is 8.43. The van der Waals surface area contributed by atoms with Gasteiger partial charge >= 0.3 is 0 Å². The number of nitrogens with zero attached hydrogens (tertiary/aromatic N) is 1. The Bertz CT molecular complexity index is 235. The molecule has 0 aromatic heterocycles. The monoisotopic (exact) mass is 236 g/mol. The van der Waals surface area contributed by atoms with Crippen molar-refractivity contribution >= 4 is 0 Å². The topological polar surface area (TPSA) is 15.3 Å². The van der Waals surface area contributed by atoms with Gasteiger partial charge in [-0.2, -0.15) is 0 Å². The lowest BCUT2D eigenvalue weighted by molar-refractivity contribution is 0.180. The van der Waals surface area contributed by atoms with Crippen LogP contribution < -0.4 is 5.32 Å². The van der Waals surface area contributed by atoms with E-state index in [-0.39, 0.29) is 0 Å². The molecule has 2 heterocycles. The van der Waals surface area contributed by atoms with Gasteiger partial charge in [-0.15, -0.1) is 0 Å². The Morgan fingerprint density at radius 1 is 0.882 bits per heavy atom. The largest absolute Gasteiger partial charge is 0.312 e. The van der Waals surface area contributed by atoms with E-state index in [1.807, 2.05) is 0 Å². The van der Waals surface area contributed by atoms with E-state index in [2.05, 4.69) is 10.2 Å². The van der Waals surface area contributed by atoms with Crippen LogP contribution in [-0.4, -0.2) is 36.6 Å². The van der Waals surface area contributed by atoms with Gasteiger partial charge in [-0.25, -0.2) is 0 Å². The smallest absolute Gasteiger partial charge is 0.0249 e. The van der Waals surface area contributed by atoms with Crippen molar-refractivity contribution in [2.45, 2.75) is 69.9 Å². The van der Waals surface area contributed by atoms with Crippen LogP contribution in [0.4, 0.5) is 0 Å². The van der Waals surface area contributed by atoms with Crippen molar-refractivity contribution in [3.8, 4) is 0 Å². The molecule has 2 heteroatoms. The maximum atomic E-state index is 3.87. The molecular formula is C15H28N2. The normalized spacial score (nSPS) is 35.3. The molecule has 3 rings (SSSR count). The third-order valence-electron chi connectivity index (χ3n) is 5.29. The van der Waals surface area contributed by atoms with Crippen LogP contribution in [0.25, 0.3) is 0 Å². The zero-order valence-corrected chi connectivity index (χ0v) is 11.2. The Kier molecular flexibility index (Phi) is 4.02. The fourth-order valence-corrected chi connectivity index (χ4v) is 4.26. The van der Waals surface area contributed by atoms with Crippen LogP contribution in [-0.2, 0) is 0 Å². The summed E-state index contributed by atoms with van der Waals surface area (Å²) in [7, 11) is 0. The van der Waals surface area contributed by atoms with Gasteiger partial charge in [0.2, 0.25) is 0 Å². The molecule has 1 N–H and O–H groups in total. The van der Waals surface area contributed by atoms with Gasteiger partial charge < -0.3 is 5.32 Å². The maximum Gasteiger partial charge on any atom is 0.0249 e. The molecule has 2 saturated heterocycles. The first-order valence-electron chi connectivity index (χ1n) is 7.91. The lowest BCUT2D eigenvalue weighted by atomic mass is 9.98. The second-order valence-electron chi connectivity index (χ2n) is 6.39. The van der Waals surface area contributed by atoms with Crippen molar-refractivity contribution in [1.82, 2.24) is 10.2 Å². The first-order valence-corrected chi connectivity index (χ1v) is 7.91. The van der Waals surface area contributed by atoms with Crippen LogP contribution in [0.2, 0.25) is 0 Å². The summed E-state index contributed by atoms with van der Waals surface area (Å²) in [5.74, 6) is 1.05. The zero-order valence-electron chi connectivity index (χ0n) is 11.2. The number of rotatable bonds is 4. The SMILES string of the molecule is C1CCC(CCNC2CCN3CCCCC23)C1. The molecule has 98 valence electrons. The van der Waals surface area contributed by atoms with Crippen LogP contribution >= 0.6 is 0 Å². The van der Waals surface area contributed by atoms with E-state index < -0.39 is 0 Å². The van der Waals surface area contributed by atoms with Gasteiger partial charge in [0.25, 0.3) is 0 Å². The summed E-state index contributed by atoms with van der Waals surface area (Å²) in [6.45, 7) is 4.00. The van der Waals surface area contributed by atoms with Crippen LogP contribution in [0.5, 0.6) is 0 Å². The molecule has 2 aliphatic heterocycles. The highest BCUT2D eigenvalue weighted by molar-refractivity contribution is 4.93. The number of hydrogen-bond donors (Lipinski definition) is 1. The molecule has 1 saturated carbocycles.